The number of carbonyl (C=O) groups is 1. The van der Waals surface area contributed by atoms with Gasteiger partial charge >= 0.3 is 0 Å². The Kier molecular flexibility index (Phi) is 3.53. The fourth-order valence-electron chi connectivity index (χ4n) is 2.36. The van der Waals surface area contributed by atoms with Crippen LogP contribution in [-0.4, -0.2) is 30.8 Å². The van der Waals surface area contributed by atoms with Crippen LogP contribution in [0.4, 0.5) is 5.69 Å². The van der Waals surface area contributed by atoms with Crippen molar-refractivity contribution < 1.29 is 14.6 Å². The lowest BCUT2D eigenvalue weighted by Gasteiger charge is -2.32. The Morgan fingerprint density at radius 3 is 2.64 bits per heavy atom. The van der Waals surface area contributed by atoms with Crippen molar-refractivity contribution in [1.29, 1.82) is 5.26 Å². The zero-order valence-electron chi connectivity index (χ0n) is 12.0. The molecule has 110 valence electrons. The Bertz CT molecular complexity index is 762. The van der Waals surface area contributed by atoms with Crippen molar-refractivity contribution >= 4 is 11.5 Å². The molecule has 1 atom stereocenters. The molecule has 0 aliphatic carbocycles. The van der Waals surface area contributed by atoms with Gasteiger partial charge in [-0.2, -0.15) is 5.26 Å². The monoisotopic (exact) mass is 294 g/mol. The first-order chi connectivity index (χ1) is 10.6. The Morgan fingerprint density at radius 1 is 1.27 bits per heavy atom. The number of likely N-dealkylation sites (N-methyl/N-ethyl adjacent to an activating group) is 1. The van der Waals surface area contributed by atoms with Crippen LogP contribution < -0.4 is 9.64 Å². The number of aliphatic hydroxyl groups is 1. The molecule has 2 aromatic carbocycles. The molecule has 0 fully saturated rings. The third kappa shape index (κ3) is 2.41. The van der Waals surface area contributed by atoms with E-state index in [-0.39, 0.29) is 12.4 Å². The molecule has 0 amide bonds. The molecule has 0 aromatic heterocycles. The second-order valence-corrected chi connectivity index (χ2v) is 5.10. The number of hydrogen-bond donors (Lipinski definition) is 1. The smallest absolute Gasteiger partial charge is 0.193 e. The molecule has 22 heavy (non-hydrogen) atoms. The van der Waals surface area contributed by atoms with Gasteiger partial charge in [0.15, 0.2) is 12.0 Å². The van der Waals surface area contributed by atoms with E-state index in [1.54, 1.807) is 54.4 Å². The van der Waals surface area contributed by atoms with Crippen LogP contribution in [0.5, 0.6) is 5.75 Å². The van der Waals surface area contributed by atoms with Gasteiger partial charge in [-0.1, -0.05) is 0 Å². The lowest BCUT2D eigenvalue weighted by atomic mass is 10.0. The highest BCUT2D eigenvalue weighted by Crippen LogP contribution is 2.33. The maximum Gasteiger partial charge on any atom is 0.193 e. The summed E-state index contributed by atoms with van der Waals surface area (Å²) < 4.78 is 5.44. The van der Waals surface area contributed by atoms with Gasteiger partial charge in [0.25, 0.3) is 0 Å². The SMILES string of the molecule is CN1c2cc(C(=O)c3ccc(C#N)cc3)ccc2OCC1O. The van der Waals surface area contributed by atoms with Crippen LogP contribution in [0.2, 0.25) is 0 Å². The number of fused-ring (bicyclic) bond motifs is 1. The molecule has 0 radical (unpaired) electrons. The molecule has 1 N–H and O–H groups in total. The lowest BCUT2D eigenvalue weighted by molar-refractivity contribution is 0.0952. The summed E-state index contributed by atoms with van der Waals surface area (Å²) in [4.78, 5) is 14.2. The first-order valence-electron chi connectivity index (χ1n) is 6.83. The summed E-state index contributed by atoms with van der Waals surface area (Å²) in [6, 6.07) is 13.7. The number of hydrogen-bond acceptors (Lipinski definition) is 5. The third-order valence-electron chi connectivity index (χ3n) is 3.71. The molecule has 5 nitrogen and oxygen atoms in total. The summed E-state index contributed by atoms with van der Waals surface area (Å²) in [5.74, 6) is 0.505. The van der Waals surface area contributed by atoms with E-state index in [9.17, 15) is 9.90 Å². The number of ether oxygens (including phenoxy) is 1. The fourth-order valence-corrected chi connectivity index (χ4v) is 2.36. The van der Waals surface area contributed by atoms with Gasteiger partial charge in [0.05, 0.1) is 17.3 Å². The quantitative estimate of drug-likeness (QED) is 0.857. The van der Waals surface area contributed by atoms with Crippen molar-refractivity contribution in [3.63, 3.8) is 0 Å². The molecular formula is C17H14N2O3. The number of nitriles is 1. The highest BCUT2D eigenvalue weighted by Gasteiger charge is 2.24. The maximum absolute atomic E-state index is 12.5. The molecule has 2 aromatic rings. The summed E-state index contributed by atoms with van der Waals surface area (Å²) in [6.45, 7) is 0.201. The van der Waals surface area contributed by atoms with Crippen LogP contribution in [0, 0.1) is 11.3 Å². The molecule has 0 saturated heterocycles. The summed E-state index contributed by atoms with van der Waals surface area (Å²) in [7, 11) is 1.75. The van der Waals surface area contributed by atoms with Gasteiger partial charge in [-0.15, -0.1) is 0 Å². The first kappa shape index (κ1) is 14.1. The van der Waals surface area contributed by atoms with Gasteiger partial charge in [0.2, 0.25) is 0 Å². The zero-order chi connectivity index (χ0) is 15.7. The standard InChI is InChI=1S/C17H14N2O3/c1-19-14-8-13(6-7-15(14)22-10-16(19)20)17(21)12-4-2-11(9-18)3-5-12/h2-8,16,20H,10H2,1H3. The number of rotatable bonds is 2. The van der Waals surface area contributed by atoms with E-state index in [4.69, 9.17) is 10.00 Å². The average Bonchev–Trinajstić information content (AvgIpc) is 2.57. The Labute approximate surface area is 128 Å². The van der Waals surface area contributed by atoms with Crippen LogP contribution in [0.1, 0.15) is 21.5 Å². The lowest BCUT2D eigenvalue weighted by Crippen LogP contribution is -2.40. The summed E-state index contributed by atoms with van der Waals surface area (Å²) in [6.07, 6.45) is -0.729. The summed E-state index contributed by atoms with van der Waals surface area (Å²) in [5.41, 5.74) is 2.21. The minimum absolute atomic E-state index is 0.138. The average molecular weight is 294 g/mol. The second-order valence-electron chi connectivity index (χ2n) is 5.10. The molecule has 1 aliphatic rings. The molecule has 3 rings (SSSR count). The minimum Gasteiger partial charge on any atom is -0.487 e. The van der Waals surface area contributed by atoms with Crippen LogP contribution in [0.25, 0.3) is 0 Å². The molecule has 0 saturated carbocycles. The number of nitrogens with zero attached hydrogens (tertiary/aromatic N) is 2. The zero-order valence-corrected chi connectivity index (χ0v) is 12.0. The van der Waals surface area contributed by atoms with Gasteiger partial charge in [0.1, 0.15) is 12.4 Å². The number of aliphatic hydroxyl groups excluding tert-OH is 1. The highest BCUT2D eigenvalue weighted by molar-refractivity contribution is 6.09. The van der Waals surface area contributed by atoms with Crippen molar-refractivity contribution in [3.8, 4) is 11.8 Å². The van der Waals surface area contributed by atoms with E-state index in [2.05, 4.69) is 0 Å². The second kappa shape index (κ2) is 5.51. The molecular weight excluding hydrogens is 280 g/mol. The van der Waals surface area contributed by atoms with E-state index in [0.29, 0.717) is 28.1 Å². The molecule has 1 heterocycles. The number of anilines is 1. The topological polar surface area (TPSA) is 73.6 Å². The predicted octanol–water partition coefficient (Wildman–Crippen LogP) is 1.94. The molecule has 1 aliphatic heterocycles. The summed E-state index contributed by atoms with van der Waals surface area (Å²) in [5, 5.41) is 18.6. The highest BCUT2D eigenvalue weighted by atomic mass is 16.5. The van der Waals surface area contributed by atoms with Crippen molar-refractivity contribution in [2.45, 2.75) is 6.23 Å². The normalized spacial score (nSPS) is 16.4. The van der Waals surface area contributed by atoms with Gasteiger partial charge in [-0.05, 0) is 42.5 Å². The molecule has 5 heteroatoms. The van der Waals surface area contributed by atoms with Gasteiger partial charge in [-0.3, -0.25) is 4.79 Å². The fraction of sp³-hybridized carbons (Fsp3) is 0.176. The largest absolute Gasteiger partial charge is 0.487 e. The number of carbonyl (C=O) groups excluding carboxylic acids is 1. The van der Waals surface area contributed by atoms with Gasteiger partial charge in [-0.25, -0.2) is 0 Å². The Morgan fingerprint density at radius 2 is 1.95 bits per heavy atom. The molecule has 0 bridgehead atoms. The van der Waals surface area contributed by atoms with Crippen LogP contribution >= 0.6 is 0 Å². The summed E-state index contributed by atoms with van der Waals surface area (Å²) >= 11 is 0. The van der Waals surface area contributed by atoms with Gasteiger partial charge in [0, 0.05) is 18.2 Å². The Balaban J connectivity index is 1.95. The molecule has 1 unspecified atom stereocenters. The van der Waals surface area contributed by atoms with Crippen LogP contribution in [0.3, 0.4) is 0 Å². The predicted molar refractivity (Wildman–Crippen MR) is 80.9 cm³/mol. The number of ketones is 1. The van der Waals surface area contributed by atoms with Crippen LogP contribution in [0.15, 0.2) is 42.5 Å². The Hall–Kier alpha value is -2.84. The molecule has 0 spiro atoms. The van der Waals surface area contributed by atoms with Crippen molar-refractivity contribution in [1.82, 2.24) is 0 Å². The van der Waals surface area contributed by atoms with E-state index in [1.807, 2.05) is 6.07 Å². The van der Waals surface area contributed by atoms with Crippen molar-refractivity contribution in [2.24, 2.45) is 0 Å². The maximum atomic E-state index is 12.5. The first-order valence-corrected chi connectivity index (χ1v) is 6.83. The van der Waals surface area contributed by atoms with E-state index in [1.165, 1.54) is 0 Å². The van der Waals surface area contributed by atoms with Crippen molar-refractivity contribution in [3.05, 3.63) is 59.2 Å². The van der Waals surface area contributed by atoms with Crippen molar-refractivity contribution in [2.75, 3.05) is 18.6 Å². The number of benzene rings is 2. The third-order valence-corrected chi connectivity index (χ3v) is 3.71. The van der Waals surface area contributed by atoms with Crippen LogP contribution in [-0.2, 0) is 0 Å². The van der Waals surface area contributed by atoms with E-state index < -0.39 is 6.23 Å². The van der Waals surface area contributed by atoms with E-state index >= 15 is 0 Å². The van der Waals surface area contributed by atoms with Gasteiger partial charge < -0.3 is 14.7 Å². The van der Waals surface area contributed by atoms with E-state index in [0.717, 1.165) is 0 Å². The minimum atomic E-state index is -0.729.